The molecule has 0 amide bonds. The number of pyridine rings is 1. The minimum Gasteiger partial charge on any atom is -0.304 e. The first kappa shape index (κ1) is 13.3. The summed E-state index contributed by atoms with van der Waals surface area (Å²) in [5.74, 6) is 0.0703. The fourth-order valence-electron chi connectivity index (χ4n) is 1.47. The number of halogens is 2. The Morgan fingerprint density at radius 1 is 1.56 bits per heavy atom. The van der Waals surface area contributed by atoms with Gasteiger partial charge in [-0.15, -0.1) is 0 Å². The molecule has 0 fully saturated rings. The van der Waals surface area contributed by atoms with Gasteiger partial charge in [-0.1, -0.05) is 36.4 Å². The highest BCUT2D eigenvalue weighted by Crippen LogP contribution is 2.20. The van der Waals surface area contributed by atoms with E-state index in [1.807, 2.05) is 0 Å². The van der Waals surface area contributed by atoms with Gasteiger partial charge in [0.15, 0.2) is 0 Å². The van der Waals surface area contributed by atoms with Gasteiger partial charge in [0.05, 0.1) is 17.9 Å². The summed E-state index contributed by atoms with van der Waals surface area (Å²) in [7, 11) is 0. The Kier molecular flexibility index (Phi) is 5.09. The van der Waals surface area contributed by atoms with Gasteiger partial charge in [0.25, 0.3) is 0 Å². The maximum atomic E-state index is 12.8. The van der Waals surface area contributed by atoms with Crippen molar-refractivity contribution in [2.75, 3.05) is 6.54 Å². The summed E-state index contributed by atoms with van der Waals surface area (Å²) in [5.41, 5.74) is 0.852. The molecule has 0 spiro atoms. The standard InChI is InChI=1S/C12H16BrFN2/c1-8(2)12(16-6-9(3)13)11-5-4-10(14)7-15-11/h4-5,7-8,12,16H,3,6H2,1-2H3. The minimum absolute atomic E-state index is 0.106. The third-order valence-corrected chi connectivity index (χ3v) is 2.53. The summed E-state index contributed by atoms with van der Waals surface area (Å²) in [6, 6.07) is 3.25. The molecule has 0 saturated carbocycles. The molecule has 2 nitrogen and oxygen atoms in total. The molecule has 0 bridgehead atoms. The first-order valence-corrected chi connectivity index (χ1v) is 5.98. The first-order chi connectivity index (χ1) is 7.50. The van der Waals surface area contributed by atoms with Gasteiger partial charge >= 0.3 is 0 Å². The van der Waals surface area contributed by atoms with Crippen molar-refractivity contribution in [2.24, 2.45) is 5.92 Å². The van der Waals surface area contributed by atoms with Crippen molar-refractivity contribution in [1.82, 2.24) is 10.3 Å². The summed E-state index contributed by atoms with van der Waals surface area (Å²) in [6.45, 7) is 8.63. The molecule has 1 aromatic heterocycles. The second-order valence-corrected chi connectivity index (χ2v) is 5.14. The molecule has 0 aromatic carbocycles. The maximum Gasteiger partial charge on any atom is 0.141 e. The lowest BCUT2D eigenvalue weighted by atomic mass is 10.0. The molecule has 1 aromatic rings. The van der Waals surface area contributed by atoms with E-state index in [2.05, 4.69) is 46.7 Å². The molecule has 1 N–H and O–H groups in total. The van der Waals surface area contributed by atoms with Gasteiger partial charge in [-0.2, -0.15) is 0 Å². The molecular formula is C12H16BrFN2. The molecular weight excluding hydrogens is 271 g/mol. The van der Waals surface area contributed by atoms with Crippen LogP contribution in [0.25, 0.3) is 0 Å². The van der Waals surface area contributed by atoms with E-state index in [0.717, 1.165) is 10.2 Å². The fraction of sp³-hybridized carbons (Fsp3) is 0.417. The van der Waals surface area contributed by atoms with Gasteiger partial charge in [-0.3, -0.25) is 4.98 Å². The average Bonchev–Trinajstić information content (AvgIpc) is 2.20. The Hall–Kier alpha value is -0.740. The predicted molar refractivity (Wildman–Crippen MR) is 67.8 cm³/mol. The molecule has 0 aliphatic carbocycles. The molecule has 1 unspecified atom stereocenters. The van der Waals surface area contributed by atoms with Gasteiger partial charge in [0.1, 0.15) is 5.82 Å². The predicted octanol–water partition coefficient (Wildman–Crippen LogP) is 3.42. The van der Waals surface area contributed by atoms with Crippen LogP contribution in [0, 0.1) is 11.7 Å². The number of rotatable bonds is 5. The van der Waals surface area contributed by atoms with Crippen LogP contribution in [0.4, 0.5) is 4.39 Å². The minimum atomic E-state index is -0.309. The van der Waals surface area contributed by atoms with Crippen LogP contribution in [0.1, 0.15) is 25.6 Å². The van der Waals surface area contributed by atoms with Crippen LogP contribution in [0.15, 0.2) is 29.4 Å². The van der Waals surface area contributed by atoms with E-state index >= 15 is 0 Å². The number of hydrogen-bond acceptors (Lipinski definition) is 2. The van der Waals surface area contributed by atoms with Crippen LogP contribution in [-0.2, 0) is 0 Å². The quantitative estimate of drug-likeness (QED) is 0.897. The van der Waals surface area contributed by atoms with E-state index in [9.17, 15) is 4.39 Å². The molecule has 0 saturated heterocycles. The Bertz CT molecular complexity index is 349. The fourth-order valence-corrected chi connectivity index (χ4v) is 1.64. The molecule has 88 valence electrons. The lowest BCUT2D eigenvalue weighted by molar-refractivity contribution is 0.418. The second kappa shape index (κ2) is 6.11. The van der Waals surface area contributed by atoms with Crippen LogP contribution in [-0.4, -0.2) is 11.5 Å². The smallest absolute Gasteiger partial charge is 0.141 e. The molecule has 1 heterocycles. The Morgan fingerprint density at radius 2 is 2.25 bits per heavy atom. The van der Waals surface area contributed by atoms with Crippen molar-refractivity contribution in [3.8, 4) is 0 Å². The van der Waals surface area contributed by atoms with E-state index in [4.69, 9.17) is 0 Å². The van der Waals surface area contributed by atoms with Crippen LogP contribution in [0.2, 0.25) is 0 Å². The zero-order chi connectivity index (χ0) is 12.1. The summed E-state index contributed by atoms with van der Waals surface area (Å²) in [4.78, 5) is 4.10. The maximum absolute atomic E-state index is 12.8. The Morgan fingerprint density at radius 3 is 2.69 bits per heavy atom. The van der Waals surface area contributed by atoms with Gasteiger partial charge < -0.3 is 5.32 Å². The van der Waals surface area contributed by atoms with E-state index in [1.54, 1.807) is 6.07 Å². The van der Waals surface area contributed by atoms with Crippen molar-refractivity contribution in [1.29, 1.82) is 0 Å². The lowest BCUT2D eigenvalue weighted by Gasteiger charge is -2.21. The normalized spacial score (nSPS) is 12.8. The van der Waals surface area contributed by atoms with Gasteiger partial charge in [0.2, 0.25) is 0 Å². The number of nitrogens with zero attached hydrogens (tertiary/aromatic N) is 1. The SMILES string of the molecule is C=C(Br)CNC(c1ccc(F)cn1)C(C)C. The third kappa shape index (κ3) is 4.02. The van der Waals surface area contributed by atoms with Crippen molar-refractivity contribution in [2.45, 2.75) is 19.9 Å². The number of aromatic nitrogens is 1. The zero-order valence-corrected chi connectivity index (χ0v) is 11.1. The lowest BCUT2D eigenvalue weighted by Crippen LogP contribution is -2.27. The van der Waals surface area contributed by atoms with Crippen molar-refractivity contribution < 1.29 is 4.39 Å². The van der Waals surface area contributed by atoms with Gasteiger partial charge in [0, 0.05) is 11.0 Å². The van der Waals surface area contributed by atoms with Crippen LogP contribution < -0.4 is 5.32 Å². The third-order valence-electron chi connectivity index (χ3n) is 2.25. The number of nitrogens with one attached hydrogen (secondary N) is 1. The van der Waals surface area contributed by atoms with Crippen LogP contribution >= 0.6 is 15.9 Å². The average molecular weight is 287 g/mol. The van der Waals surface area contributed by atoms with Crippen molar-refractivity contribution in [3.63, 3.8) is 0 Å². The van der Waals surface area contributed by atoms with Crippen LogP contribution in [0.5, 0.6) is 0 Å². The van der Waals surface area contributed by atoms with Gasteiger partial charge in [-0.05, 0) is 18.1 Å². The highest BCUT2D eigenvalue weighted by atomic mass is 79.9. The zero-order valence-electron chi connectivity index (χ0n) is 9.50. The summed E-state index contributed by atoms with van der Waals surface area (Å²) >= 11 is 3.30. The molecule has 1 atom stereocenters. The first-order valence-electron chi connectivity index (χ1n) is 5.19. The van der Waals surface area contributed by atoms with E-state index in [0.29, 0.717) is 12.5 Å². The highest BCUT2D eigenvalue weighted by Gasteiger charge is 2.16. The molecule has 0 aliphatic heterocycles. The summed E-state index contributed by atoms with van der Waals surface area (Å²) in [5, 5.41) is 3.32. The molecule has 4 heteroatoms. The highest BCUT2D eigenvalue weighted by molar-refractivity contribution is 9.11. The number of hydrogen-bond donors (Lipinski definition) is 1. The Balaban J connectivity index is 2.77. The summed E-state index contributed by atoms with van der Waals surface area (Å²) < 4.78 is 13.6. The van der Waals surface area contributed by atoms with Crippen molar-refractivity contribution in [3.05, 3.63) is 40.9 Å². The molecule has 16 heavy (non-hydrogen) atoms. The van der Waals surface area contributed by atoms with E-state index in [1.165, 1.54) is 12.3 Å². The van der Waals surface area contributed by atoms with E-state index < -0.39 is 0 Å². The Labute approximate surface area is 104 Å². The van der Waals surface area contributed by atoms with Crippen molar-refractivity contribution >= 4 is 15.9 Å². The monoisotopic (exact) mass is 286 g/mol. The molecule has 0 aliphatic rings. The topological polar surface area (TPSA) is 24.9 Å². The van der Waals surface area contributed by atoms with Gasteiger partial charge in [-0.25, -0.2) is 4.39 Å². The summed E-state index contributed by atoms with van der Waals surface area (Å²) in [6.07, 6.45) is 1.25. The van der Waals surface area contributed by atoms with E-state index in [-0.39, 0.29) is 11.9 Å². The second-order valence-electron chi connectivity index (χ2n) is 4.02. The molecule has 0 radical (unpaired) electrons. The largest absolute Gasteiger partial charge is 0.304 e. The van der Waals surface area contributed by atoms with Crippen LogP contribution in [0.3, 0.4) is 0 Å². The molecule has 1 rings (SSSR count).